The van der Waals surface area contributed by atoms with E-state index in [9.17, 15) is 9.59 Å². The Morgan fingerprint density at radius 3 is 2.70 bits per heavy atom. The van der Waals surface area contributed by atoms with Crippen LogP contribution in [-0.2, 0) is 4.79 Å². The van der Waals surface area contributed by atoms with Crippen molar-refractivity contribution in [3.8, 4) is 12.3 Å². The van der Waals surface area contributed by atoms with Crippen molar-refractivity contribution in [2.24, 2.45) is 0 Å². The molecule has 30 heavy (non-hydrogen) atoms. The summed E-state index contributed by atoms with van der Waals surface area (Å²) < 4.78 is 0.884. The molecule has 0 atom stereocenters. The minimum absolute atomic E-state index is 0.0886. The number of halogens is 1. The first-order valence-corrected chi connectivity index (χ1v) is 10.6. The number of benzene rings is 2. The van der Waals surface area contributed by atoms with Crippen molar-refractivity contribution < 1.29 is 9.59 Å². The summed E-state index contributed by atoms with van der Waals surface area (Å²) in [5.41, 5.74) is 1.77. The Labute approximate surface area is 188 Å². The molecule has 0 fully saturated rings. The highest BCUT2D eigenvalue weighted by Crippen LogP contribution is 2.30. The highest BCUT2D eigenvalue weighted by Gasteiger charge is 2.19. The Morgan fingerprint density at radius 2 is 1.97 bits per heavy atom. The Morgan fingerprint density at radius 1 is 1.17 bits per heavy atom. The number of amides is 2. The largest absolute Gasteiger partial charge is 0.332 e. The molecule has 0 aliphatic rings. The average Bonchev–Trinajstić information content (AvgIpc) is 2.75. The molecular weight excluding hydrogens is 462 g/mol. The predicted molar refractivity (Wildman–Crippen MR) is 122 cm³/mol. The van der Waals surface area contributed by atoms with E-state index in [1.807, 2.05) is 24.3 Å². The number of pyridine rings is 1. The van der Waals surface area contributed by atoms with E-state index in [1.165, 1.54) is 16.7 Å². The molecular formula is C23H18BrN3O2S. The second-order valence-electron chi connectivity index (χ2n) is 6.35. The molecule has 0 radical (unpaired) electrons. The number of hydrogen-bond acceptors (Lipinski definition) is 4. The quantitative estimate of drug-likeness (QED) is 0.521. The third kappa shape index (κ3) is 5.72. The highest BCUT2D eigenvalue weighted by atomic mass is 79.9. The van der Waals surface area contributed by atoms with Gasteiger partial charge in [-0.3, -0.25) is 9.59 Å². The predicted octanol–water partition coefficient (Wildman–Crippen LogP) is 4.69. The number of anilines is 1. The van der Waals surface area contributed by atoms with Crippen LogP contribution in [0.4, 0.5) is 5.69 Å². The molecule has 3 aromatic rings. The summed E-state index contributed by atoms with van der Waals surface area (Å²) in [6.45, 7) is -0.0886. The van der Waals surface area contributed by atoms with Gasteiger partial charge in [-0.1, -0.05) is 35.9 Å². The number of hydrogen-bond donors (Lipinski definition) is 1. The van der Waals surface area contributed by atoms with Crippen molar-refractivity contribution in [3.05, 3.63) is 82.5 Å². The van der Waals surface area contributed by atoms with E-state index in [2.05, 4.69) is 32.2 Å². The van der Waals surface area contributed by atoms with Gasteiger partial charge >= 0.3 is 0 Å². The summed E-state index contributed by atoms with van der Waals surface area (Å²) in [6, 6.07) is 18.0. The van der Waals surface area contributed by atoms with E-state index in [0.717, 1.165) is 14.4 Å². The minimum atomic E-state index is -0.306. The van der Waals surface area contributed by atoms with Crippen LogP contribution >= 0.6 is 27.7 Å². The van der Waals surface area contributed by atoms with Gasteiger partial charge in [0.25, 0.3) is 5.91 Å². The molecule has 3 rings (SSSR count). The van der Waals surface area contributed by atoms with Gasteiger partial charge in [-0.05, 0) is 58.4 Å². The van der Waals surface area contributed by atoms with Crippen LogP contribution in [-0.4, -0.2) is 35.3 Å². The fourth-order valence-corrected chi connectivity index (χ4v) is 3.76. The SMILES string of the molecule is C#Cc1cccc(NC(=O)CN(C)C(=O)c2ccccc2Sc2ccc(Br)cn2)c1. The van der Waals surface area contributed by atoms with E-state index in [-0.39, 0.29) is 18.4 Å². The van der Waals surface area contributed by atoms with Crippen LogP contribution in [0.1, 0.15) is 15.9 Å². The standard InChI is InChI=1S/C23H18BrN3O2S/c1-3-16-7-6-8-18(13-16)26-21(28)15-27(2)23(29)19-9-4-5-10-20(19)30-22-12-11-17(24)14-25-22/h1,4-14H,15H2,2H3,(H,26,28). The number of aromatic nitrogens is 1. The number of rotatable bonds is 6. The lowest BCUT2D eigenvalue weighted by molar-refractivity contribution is -0.116. The van der Waals surface area contributed by atoms with Crippen molar-refractivity contribution in [1.82, 2.24) is 9.88 Å². The van der Waals surface area contributed by atoms with Crippen molar-refractivity contribution in [1.29, 1.82) is 0 Å². The van der Waals surface area contributed by atoms with Gasteiger partial charge < -0.3 is 10.2 Å². The highest BCUT2D eigenvalue weighted by molar-refractivity contribution is 9.10. The lowest BCUT2D eigenvalue weighted by Gasteiger charge is -2.18. The Hall–Kier alpha value is -3.08. The van der Waals surface area contributed by atoms with Crippen molar-refractivity contribution in [2.75, 3.05) is 18.9 Å². The van der Waals surface area contributed by atoms with E-state index >= 15 is 0 Å². The summed E-state index contributed by atoms with van der Waals surface area (Å²) in [7, 11) is 1.60. The van der Waals surface area contributed by atoms with Crippen molar-refractivity contribution in [3.63, 3.8) is 0 Å². The van der Waals surface area contributed by atoms with Gasteiger partial charge in [0.1, 0.15) is 5.03 Å². The summed E-state index contributed by atoms with van der Waals surface area (Å²) in [4.78, 5) is 31.9. The third-order valence-electron chi connectivity index (χ3n) is 4.07. The topological polar surface area (TPSA) is 62.3 Å². The minimum Gasteiger partial charge on any atom is -0.332 e. The molecule has 0 spiro atoms. The Kier molecular flexibility index (Phi) is 7.28. The van der Waals surface area contributed by atoms with Crippen LogP contribution in [0.15, 0.2) is 81.3 Å². The van der Waals surface area contributed by atoms with Crippen LogP contribution in [0, 0.1) is 12.3 Å². The molecule has 2 amide bonds. The molecule has 0 aliphatic carbocycles. The van der Waals surface area contributed by atoms with Crippen molar-refractivity contribution >= 4 is 45.2 Å². The van der Waals surface area contributed by atoms with Gasteiger partial charge in [-0.25, -0.2) is 4.98 Å². The average molecular weight is 480 g/mol. The lowest BCUT2D eigenvalue weighted by atomic mass is 10.2. The number of carbonyl (C=O) groups excluding carboxylic acids is 2. The monoisotopic (exact) mass is 479 g/mol. The molecule has 0 unspecified atom stereocenters. The van der Waals surface area contributed by atoms with E-state index in [4.69, 9.17) is 6.42 Å². The zero-order valence-corrected chi connectivity index (χ0v) is 18.5. The third-order valence-corrected chi connectivity index (χ3v) is 5.57. The van der Waals surface area contributed by atoms with Gasteiger partial charge in [-0.15, -0.1) is 6.42 Å². The summed E-state index contributed by atoms with van der Waals surface area (Å²) in [6.07, 6.45) is 7.09. The Balaban J connectivity index is 1.69. The summed E-state index contributed by atoms with van der Waals surface area (Å²) in [5, 5.41) is 3.54. The summed E-state index contributed by atoms with van der Waals surface area (Å²) >= 11 is 4.76. The molecule has 150 valence electrons. The van der Waals surface area contributed by atoms with E-state index in [0.29, 0.717) is 16.8 Å². The molecule has 1 N–H and O–H groups in total. The van der Waals surface area contributed by atoms with Gasteiger partial charge in [0.2, 0.25) is 5.91 Å². The molecule has 5 nitrogen and oxygen atoms in total. The molecule has 7 heteroatoms. The second-order valence-corrected chi connectivity index (χ2v) is 8.33. The number of nitrogens with one attached hydrogen (secondary N) is 1. The molecule has 1 heterocycles. The molecule has 0 saturated heterocycles. The van der Waals surface area contributed by atoms with Gasteiger partial charge in [-0.2, -0.15) is 0 Å². The second kappa shape index (κ2) is 10.1. The number of likely N-dealkylation sites (N-methyl/N-ethyl adjacent to an activating group) is 1. The number of nitrogens with zero attached hydrogens (tertiary/aromatic N) is 2. The molecule has 1 aromatic heterocycles. The molecule has 0 saturated carbocycles. The van der Waals surface area contributed by atoms with Gasteiger partial charge in [0.15, 0.2) is 0 Å². The fourth-order valence-electron chi connectivity index (χ4n) is 2.65. The first kappa shape index (κ1) is 21.6. The van der Waals surface area contributed by atoms with Gasteiger partial charge in [0.05, 0.1) is 12.1 Å². The zero-order valence-electron chi connectivity index (χ0n) is 16.1. The maximum Gasteiger partial charge on any atom is 0.255 e. The Bertz CT molecular complexity index is 1110. The maximum atomic E-state index is 13.0. The smallest absolute Gasteiger partial charge is 0.255 e. The number of carbonyl (C=O) groups is 2. The molecule has 2 aromatic carbocycles. The fraction of sp³-hybridized carbons (Fsp3) is 0.0870. The zero-order chi connectivity index (χ0) is 21.5. The van der Waals surface area contributed by atoms with Crippen molar-refractivity contribution in [2.45, 2.75) is 9.92 Å². The molecule has 0 bridgehead atoms. The first-order valence-electron chi connectivity index (χ1n) is 8.96. The van der Waals surface area contributed by atoms with Crippen LogP contribution in [0.25, 0.3) is 0 Å². The number of terminal acetylenes is 1. The normalized spacial score (nSPS) is 10.2. The first-order chi connectivity index (χ1) is 14.5. The van der Waals surface area contributed by atoms with Crippen LogP contribution in [0.5, 0.6) is 0 Å². The van der Waals surface area contributed by atoms with E-state index < -0.39 is 0 Å². The maximum absolute atomic E-state index is 13.0. The lowest BCUT2D eigenvalue weighted by Crippen LogP contribution is -2.35. The van der Waals surface area contributed by atoms with Crippen LogP contribution < -0.4 is 5.32 Å². The summed E-state index contributed by atoms with van der Waals surface area (Å²) in [5.74, 6) is 1.97. The van der Waals surface area contributed by atoms with Crippen LogP contribution in [0.3, 0.4) is 0 Å². The molecule has 0 aliphatic heterocycles. The van der Waals surface area contributed by atoms with Crippen LogP contribution in [0.2, 0.25) is 0 Å². The van der Waals surface area contributed by atoms with Gasteiger partial charge in [0, 0.05) is 33.9 Å². The van der Waals surface area contributed by atoms with E-state index in [1.54, 1.807) is 49.6 Å².